The van der Waals surface area contributed by atoms with Gasteiger partial charge in [0.25, 0.3) is 0 Å². The van der Waals surface area contributed by atoms with Crippen molar-refractivity contribution >= 4 is 11.8 Å². The number of nitrogens with zero attached hydrogens (tertiary/aromatic N) is 1. The van der Waals surface area contributed by atoms with Gasteiger partial charge in [-0.25, -0.2) is 0 Å². The third-order valence-corrected chi connectivity index (χ3v) is 5.16. The number of rotatable bonds is 11. The average molecular weight is 395 g/mol. The molecule has 0 saturated heterocycles. The first-order valence-corrected chi connectivity index (χ1v) is 10.7. The van der Waals surface area contributed by atoms with Gasteiger partial charge in [0.05, 0.1) is 0 Å². The fourth-order valence-corrected chi connectivity index (χ4v) is 3.36. The molecule has 0 radical (unpaired) electrons. The highest BCUT2D eigenvalue weighted by atomic mass is 16.2. The summed E-state index contributed by atoms with van der Waals surface area (Å²) in [7, 11) is 0. The summed E-state index contributed by atoms with van der Waals surface area (Å²) in [5.74, 6) is -0.0342. The van der Waals surface area contributed by atoms with Crippen molar-refractivity contribution < 1.29 is 9.59 Å². The molecule has 0 aliphatic carbocycles. The highest BCUT2D eigenvalue weighted by Gasteiger charge is 2.28. The molecule has 0 unspecified atom stereocenters. The Balaban J connectivity index is 2.14. The Bertz CT molecular complexity index is 756. The van der Waals surface area contributed by atoms with Crippen LogP contribution < -0.4 is 5.32 Å². The van der Waals surface area contributed by atoms with E-state index in [0.717, 1.165) is 24.0 Å². The Morgan fingerprint density at radius 1 is 0.966 bits per heavy atom. The van der Waals surface area contributed by atoms with Gasteiger partial charge in [-0.2, -0.15) is 0 Å². The highest BCUT2D eigenvalue weighted by Crippen LogP contribution is 2.16. The molecule has 4 nitrogen and oxygen atoms in total. The SMILES string of the molecule is CCCCNC(=O)[C@@H](CC)N(Cc1ccc(C)cc1)C(=O)CCc1ccccc1. The number of nitrogens with one attached hydrogen (secondary N) is 1. The second-order valence-corrected chi connectivity index (χ2v) is 7.56. The van der Waals surface area contributed by atoms with Gasteiger partial charge >= 0.3 is 0 Å². The Labute approximate surface area is 175 Å². The molecule has 156 valence electrons. The quantitative estimate of drug-likeness (QED) is 0.564. The lowest BCUT2D eigenvalue weighted by atomic mass is 10.1. The van der Waals surface area contributed by atoms with Crippen LogP contribution in [-0.4, -0.2) is 29.3 Å². The number of benzene rings is 2. The van der Waals surface area contributed by atoms with Crippen LogP contribution in [0.3, 0.4) is 0 Å². The van der Waals surface area contributed by atoms with E-state index < -0.39 is 6.04 Å². The zero-order valence-corrected chi connectivity index (χ0v) is 18.0. The lowest BCUT2D eigenvalue weighted by Gasteiger charge is -2.31. The molecule has 0 spiro atoms. The number of hydrogen-bond acceptors (Lipinski definition) is 2. The molecular formula is C25H34N2O2. The molecule has 1 N–H and O–H groups in total. The van der Waals surface area contributed by atoms with Crippen molar-refractivity contribution in [1.82, 2.24) is 10.2 Å². The van der Waals surface area contributed by atoms with Crippen molar-refractivity contribution in [1.29, 1.82) is 0 Å². The molecular weight excluding hydrogens is 360 g/mol. The maximum atomic E-state index is 13.2. The molecule has 0 aliphatic heterocycles. The van der Waals surface area contributed by atoms with Crippen LogP contribution in [0.2, 0.25) is 0 Å². The van der Waals surface area contributed by atoms with E-state index in [1.807, 2.05) is 68.4 Å². The highest BCUT2D eigenvalue weighted by molar-refractivity contribution is 5.87. The predicted octanol–water partition coefficient (Wildman–Crippen LogP) is 4.65. The monoisotopic (exact) mass is 394 g/mol. The van der Waals surface area contributed by atoms with Crippen LogP contribution in [0.25, 0.3) is 0 Å². The predicted molar refractivity (Wildman–Crippen MR) is 118 cm³/mol. The molecule has 2 amide bonds. The standard InChI is InChI=1S/C25H34N2O2/c1-4-6-18-26-25(29)23(5-2)27(19-22-14-12-20(3)13-15-22)24(28)17-16-21-10-8-7-9-11-21/h7-15,23H,4-6,16-19H2,1-3H3,(H,26,29)/t23-/m1/s1. The number of aryl methyl sites for hydroxylation is 2. The molecule has 4 heteroatoms. The topological polar surface area (TPSA) is 49.4 Å². The van der Waals surface area contributed by atoms with E-state index in [9.17, 15) is 9.59 Å². The van der Waals surface area contributed by atoms with Crippen molar-refractivity contribution in [3.05, 3.63) is 71.3 Å². The molecule has 0 aromatic heterocycles. The van der Waals surface area contributed by atoms with Crippen molar-refractivity contribution in [3.8, 4) is 0 Å². The lowest BCUT2D eigenvalue weighted by molar-refractivity contribution is -0.141. The fraction of sp³-hybridized carbons (Fsp3) is 0.440. The van der Waals surface area contributed by atoms with Crippen molar-refractivity contribution in [3.63, 3.8) is 0 Å². The van der Waals surface area contributed by atoms with Gasteiger partial charge in [0.2, 0.25) is 11.8 Å². The second kappa shape index (κ2) is 12.1. The van der Waals surface area contributed by atoms with Gasteiger partial charge in [-0.1, -0.05) is 80.4 Å². The Hall–Kier alpha value is -2.62. The summed E-state index contributed by atoms with van der Waals surface area (Å²) < 4.78 is 0. The van der Waals surface area contributed by atoms with Gasteiger partial charge in [-0.3, -0.25) is 9.59 Å². The first-order chi connectivity index (χ1) is 14.0. The minimum atomic E-state index is -0.448. The first-order valence-electron chi connectivity index (χ1n) is 10.7. The molecule has 1 atom stereocenters. The molecule has 0 bridgehead atoms. The normalized spacial score (nSPS) is 11.7. The summed E-state index contributed by atoms with van der Waals surface area (Å²) >= 11 is 0. The van der Waals surface area contributed by atoms with E-state index in [-0.39, 0.29) is 11.8 Å². The van der Waals surface area contributed by atoms with Gasteiger partial charge < -0.3 is 10.2 Å². The number of carbonyl (C=O) groups is 2. The average Bonchev–Trinajstić information content (AvgIpc) is 2.74. The van der Waals surface area contributed by atoms with E-state index in [0.29, 0.717) is 32.4 Å². The first kappa shape index (κ1) is 22.7. The van der Waals surface area contributed by atoms with E-state index in [1.165, 1.54) is 5.56 Å². The van der Waals surface area contributed by atoms with E-state index in [2.05, 4.69) is 12.2 Å². The summed E-state index contributed by atoms with van der Waals surface area (Å²) in [6.45, 7) is 7.22. The van der Waals surface area contributed by atoms with Crippen LogP contribution in [0.5, 0.6) is 0 Å². The van der Waals surface area contributed by atoms with Crippen LogP contribution in [0.1, 0.15) is 56.2 Å². The lowest BCUT2D eigenvalue weighted by Crippen LogP contribution is -2.49. The van der Waals surface area contributed by atoms with Crippen LogP contribution in [0.4, 0.5) is 0 Å². The summed E-state index contributed by atoms with van der Waals surface area (Å²) in [6, 6.07) is 17.7. The molecule has 2 aromatic carbocycles. The van der Waals surface area contributed by atoms with Crippen molar-refractivity contribution in [2.24, 2.45) is 0 Å². The Kier molecular flexibility index (Phi) is 9.42. The molecule has 0 aliphatic rings. The number of carbonyl (C=O) groups excluding carboxylic acids is 2. The van der Waals surface area contributed by atoms with Gasteiger partial charge in [0.1, 0.15) is 6.04 Å². The van der Waals surface area contributed by atoms with E-state index >= 15 is 0 Å². The summed E-state index contributed by atoms with van der Waals surface area (Å²) in [5.41, 5.74) is 3.36. The molecule has 0 fully saturated rings. The Morgan fingerprint density at radius 2 is 1.66 bits per heavy atom. The van der Waals surface area contributed by atoms with E-state index in [1.54, 1.807) is 4.90 Å². The third-order valence-electron chi connectivity index (χ3n) is 5.16. The van der Waals surface area contributed by atoms with E-state index in [4.69, 9.17) is 0 Å². The van der Waals surface area contributed by atoms with Crippen LogP contribution >= 0.6 is 0 Å². The molecule has 0 saturated carbocycles. The zero-order chi connectivity index (χ0) is 21.1. The molecule has 2 rings (SSSR count). The summed E-state index contributed by atoms with van der Waals surface area (Å²) in [6.07, 6.45) is 3.65. The molecule has 29 heavy (non-hydrogen) atoms. The van der Waals surface area contributed by atoms with Crippen LogP contribution in [-0.2, 0) is 22.6 Å². The molecule has 2 aromatic rings. The fourth-order valence-electron chi connectivity index (χ4n) is 3.36. The van der Waals surface area contributed by atoms with Crippen LogP contribution in [0.15, 0.2) is 54.6 Å². The van der Waals surface area contributed by atoms with Gasteiger partial charge in [0.15, 0.2) is 0 Å². The Morgan fingerprint density at radius 3 is 2.28 bits per heavy atom. The number of unbranched alkanes of at least 4 members (excludes halogenated alkanes) is 1. The second-order valence-electron chi connectivity index (χ2n) is 7.56. The van der Waals surface area contributed by atoms with Gasteiger partial charge in [-0.05, 0) is 37.3 Å². The number of amides is 2. The third kappa shape index (κ3) is 7.37. The maximum absolute atomic E-state index is 13.2. The van der Waals surface area contributed by atoms with Gasteiger partial charge in [-0.15, -0.1) is 0 Å². The zero-order valence-electron chi connectivity index (χ0n) is 18.0. The van der Waals surface area contributed by atoms with Crippen LogP contribution in [0, 0.1) is 6.92 Å². The smallest absolute Gasteiger partial charge is 0.242 e. The summed E-state index contributed by atoms with van der Waals surface area (Å²) in [4.78, 5) is 27.7. The largest absolute Gasteiger partial charge is 0.354 e. The minimum absolute atomic E-state index is 0.0203. The summed E-state index contributed by atoms with van der Waals surface area (Å²) in [5, 5.41) is 3.01. The van der Waals surface area contributed by atoms with Gasteiger partial charge in [0, 0.05) is 19.5 Å². The van der Waals surface area contributed by atoms with Crippen molar-refractivity contribution in [2.75, 3.05) is 6.54 Å². The van der Waals surface area contributed by atoms with Crippen molar-refractivity contribution in [2.45, 2.75) is 65.5 Å². The molecule has 0 heterocycles. The minimum Gasteiger partial charge on any atom is -0.354 e. The maximum Gasteiger partial charge on any atom is 0.242 e. The number of hydrogen-bond donors (Lipinski definition) is 1.